The van der Waals surface area contributed by atoms with E-state index in [1.54, 1.807) is 6.26 Å². The van der Waals surface area contributed by atoms with Crippen LogP contribution >= 0.6 is 0 Å². The summed E-state index contributed by atoms with van der Waals surface area (Å²) in [7, 11) is 2.07. The molecule has 2 nitrogen and oxygen atoms in total. The molecule has 0 aliphatic heterocycles. The summed E-state index contributed by atoms with van der Waals surface area (Å²) in [6, 6.07) is 14.5. The molecule has 0 aliphatic rings. The van der Waals surface area contributed by atoms with Crippen LogP contribution in [0.15, 0.2) is 53.1 Å². The van der Waals surface area contributed by atoms with Crippen molar-refractivity contribution in [2.45, 2.75) is 13.0 Å². The smallest absolute Gasteiger partial charge is 0.125 e. The number of hydrogen-bond donors (Lipinski definition) is 0. The molecule has 0 saturated heterocycles. The number of rotatable bonds is 3. The van der Waals surface area contributed by atoms with E-state index in [4.69, 9.17) is 4.42 Å². The summed E-state index contributed by atoms with van der Waals surface area (Å²) in [6.07, 6.45) is 1.71. The first-order valence-corrected chi connectivity index (χ1v) is 5.10. The van der Waals surface area contributed by atoms with E-state index in [0.717, 1.165) is 5.76 Å². The maximum Gasteiger partial charge on any atom is 0.125 e. The van der Waals surface area contributed by atoms with Gasteiger partial charge in [0.05, 0.1) is 12.3 Å². The van der Waals surface area contributed by atoms with Gasteiger partial charge in [-0.05, 0) is 31.2 Å². The molecule has 1 aromatic carbocycles. The lowest BCUT2D eigenvalue weighted by molar-refractivity contribution is 0.471. The minimum absolute atomic E-state index is 0.252. The van der Waals surface area contributed by atoms with Crippen molar-refractivity contribution in [3.05, 3.63) is 54.5 Å². The van der Waals surface area contributed by atoms with Gasteiger partial charge >= 0.3 is 0 Å². The maximum atomic E-state index is 5.40. The third kappa shape index (κ3) is 2.04. The van der Waals surface area contributed by atoms with Gasteiger partial charge < -0.3 is 9.32 Å². The van der Waals surface area contributed by atoms with Gasteiger partial charge in [0.2, 0.25) is 0 Å². The number of benzene rings is 1. The van der Waals surface area contributed by atoms with Gasteiger partial charge in [-0.1, -0.05) is 18.2 Å². The topological polar surface area (TPSA) is 16.4 Å². The second-order valence-electron chi connectivity index (χ2n) is 3.64. The van der Waals surface area contributed by atoms with Gasteiger partial charge in [-0.3, -0.25) is 0 Å². The van der Waals surface area contributed by atoms with E-state index < -0.39 is 0 Å². The zero-order valence-corrected chi connectivity index (χ0v) is 9.05. The molecule has 0 spiro atoms. The molecule has 1 atom stereocenters. The lowest BCUT2D eigenvalue weighted by atomic mass is 10.2. The predicted molar refractivity (Wildman–Crippen MR) is 62.0 cm³/mol. The van der Waals surface area contributed by atoms with Crippen LogP contribution in [0.5, 0.6) is 0 Å². The maximum absolute atomic E-state index is 5.40. The van der Waals surface area contributed by atoms with Crippen molar-refractivity contribution >= 4 is 5.69 Å². The monoisotopic (exact) mass is 201 g/mol. The summed E-state index contributed by atoms with van der Waals surface area (Å²) in [5, 5.41) is 0. The highest BCUT2D eigenvalue weighted by Gasteiger charge is 2.13. The average molecular weight is 201 g/mol. The van der Waals surface area contributed by atoms with Crippen LogP contribution in [0.4, 0.5) is 5.69 Å². The molecule has 1 aromatic heterocycles. The molecule has 78 valence electrons. The van der Waals surface area contributed by atoms with E-state index in [1.165, 1.54) is 5.69 Å². The fourth-order valence-corrected chi connectivity index (χ4v) is 1.61. The molecule has 0 N–H and O–H groups in total. The number of para-hydroxylation sites is 1. The molecule has 0 radical (unpaired) electrons. The normalized spacial score (nSPS) is 12.4. The van der Waals surface area contributed by atoms with Crippen molar-refractivity contribution in [3.63, 3.8) is 0 Å². The third-order valence-electron chi connectivity index (χ3n) is 2.70. The lowest BCUT2D eigenvalue weighted by Gasteiger charge is -2.25. The zero-order valence-electron chi connectivity index (χ0n) is 9.05. The molecule has 0 bridgehead atoms. The number of nitrogens with zero attached hydrogens (tertiary/aromatic N) is 1. The number of furan rings is 1. The van der Waals surface area contributed by atoms with Crippen molar-refractivity contribution in [1.29, 1.82) is 0 Å². The SMILES string of the molecule is CC(c1ccco1)N(C)c1ccccc1. The molecule has 0 fully saturated rings. The summed E-state index contributed by atoms with van der Waals surface area (Å²) in [4.78, 5) is 2.19. The minimum atomic E-state index is 0.252. The quantitative estimate of drug-likeness (QED) is 0.756. The Kier molecular flexibility index (Phi) is 2.77. The second-order valence-corrected chi connectivity index (χ2v) is 3.64. The number of hydrogen-bond acceptors (Lipinski definition) is 2. The van der Waals surface area contributed by atoms with E-state index in [1.807, 2.05) is 30.3 Å². The Morgan fingerprint density at radius 2 is 1.80 bits per heavy atom. The molecule has 2 rings (SSSR count). The largest absolute Gasteiger partial charge is 0.467 e. The molecule has 1 unspecified atom stereocenters. The third-order valence-corrected chi connectivity index (χ3v) is 2.70. The summed E-state index contributed by atoms with van der Waals surface area (Å²) in [5.74, 6) is 0.987. The Hall–Kier alpha value is -1.70. The summed E-state index contributed by atoms with van der Waals surface area (Å²) in [5.41, 5.74) is 1.20. The van der Waals surface area contributed by atoms with Crippen LogP contribution in [0.1, 0.15) is 18.7 Å². The van der Waals surface area contributed by atoms with Crippen LogP contribution in [-0.2, 0) is 0 Å². The van der Waals surface area contributed by atoms with Crippen LogP contribution in [0, 0.1) is 0 Å². The van der Waals surface area contributed by atoms with Crippen molar-refractivity contribution < 1.29 is 4.42 Å². The van der Waals surface area contributed by atoms with Gasteiger partial charge in [0.25, 0.3) is 0 Å². The van der Waals surface area contributed by atoms with Crippen molar-refractivity contribution in [2.24, 2.45) is 0 Å². The van der Waals surface area contributed by atoms with Gasteiger partial charge in [-0.25, -0.2) is 0 Å². The van der Waals surface area contributed by atoms with Crippen LogP contribution in [0.3, 0.4) is 0 Å². The van der Waals surface area contributed by atoms with Crippen molar-refractivity contribution in [1.82, 2.24) is 0 Å². The molecule has 0 saturated carbocycles. The fraction of sp³-hybridized carbons (Fsp3) is 0.231. The van der Waals surface area contributed by atoms with Crippen LogP contribution < -0.4 is 4.90 Å². The Balaban J connectivity index is 2.18. The van der Waals surface area contributed by atoms with E-state index in [-0.39, 0.29) is 6.04 Å². The Bertz CT molecular complexity index is 394. The highest BCUT2D eigenvalue weighted by Crippen LogP contribution is 2.24. The summed E-state index contributed by atoms with van der Waals surface area (Å²) in [6.45, 7) is 2.13. The van der Waals surface area contributed by atoms with E-state index in [9.17, 15) is 0 Å². The first kappa shape index (κ1) is 9.84. The molecular formula is C13H15NO. The first-order valence-electron chi connectivity index (χ1n) is 5.10. The van der Waals surface area contributed by atoms with Gasteiger partial charge in [0.1, 0.15) is 5.76 Å². The lowest BCUT2D eigenvalue weighted by Crippen LogP contribution is -2.20. The van der Waals surface area contributed by atoms with Gasteiger partial charge in [0, 0.05) is 12.7 Å². The van der Waals surface area contributed by atoms with E-state index in [0.29, 0.717) is 0 Å². The standard InChI is InChI=1S/C13H15NO/c1-11(13-9-6-10-15-13)14(2)12-7-4-3-5-8-12/h3-11H,1-2H3. The van der Waals surface area contributed by atoms with Crippen LogP contribution in [-0.4, -0.2) is 7.05 Å². The molecule has 1 heterocycles. The second kappa shape index (κ2) is 4.22. The fourth-order valence-electron chi connectivity index (χ4n) is 1.61. The Morgan fingerprint density at radius 1 is 1.07 bits per heavy atom. The molecule has 2 heteroatoms. The van der Waals surface area contributed by atoms with E-state index >= 15 is 0 Å². The summed E-state index contributed by atoms with van der Waals surface area (Å²) < 4.78 is 5.40. The Labute approximate surface area is 90.1 Å². The molecular weight excluding hydrogens is 186 g/mol. The van der Waals surface area contributed by atoms with Crippen LogP contribution in [0.25, 0.3) is 0 Å². The molecule has 0 aliphatic carbocycles. The minimum Gasteiger partial charge on any atom is -0.467 e. The van der Waals surface area contributed by atoms with Crippen LogP contribution in [0.2, 0.25) is 0 Å². The first-order chi connectivity index (χ1) is 7.29. The van der Waals surface area contributed by atoms with E-state index in [2.05, 4.69) is 31.0 Å². The zero-order chi connectivity index (χ0) is 10.7. The molecule has 0 amide bonds. The number of anilines is 1. The van der Waals surface area contributed by atoms with Gasteiger partial charge in [-0.2, -0.15) is 0 Å². The predicted octanol–water partition coefficient (Wildman–Crippen LogP) is 3.48. The van der Waals surface area contributed by atoms with Gasteiger partial charge in [-0.15, -0.1) is 0 Å². The highest BCUT2D eigenvalue weighted by atomic mass is 16.3. The average Bonchev–Trinajstić information content (AvgIpc) is 2.82. The summed E-state index contributed by atoms with van der Waals surface area (Å²) >= 11 is 0. The molecule has 15 heavy (non-hydrogen) atoms. The highest BCUT2D eigenvalue weighted by molar-refractivity contribution is 5.46. The van der Waals surface area contributed by atoms with Gasteiger partial charge in [0.15, 0.2) is 0 Å². The van der Waals surface area contributed by atoms with Crippen molar-refractivity contribution in [2.75, 3.05) is 11.9 Å². The Morgan fingerprint density at radius 3 is 2.40 bits per heavy atom. The van der Waals surface area contributed by atoms with Crippen molar-refractivity contribution in [3.8, 4) is 0 Å². The molecule has 2 aromatic rings.